The van der Waals surface area contributed by atoms with E-state index >= 15 is 0 Å². The highest BCUT2D eigenvalue weighted by atomic mass is 32.2. The normalized spacial score (nSPS) is 11.9. The molecule has 4 rings (SSSR count). The number of rotatable bonds is 7. The van der Waals surface area contributed by atoms with Gasteiger partial charge in [-0.1, -0.05) is 24.3 Å². The van der Waals surface area contributed by atoms with Gasteiger partial charge in [0.1, 0.15) is 10.4 Å². The Bertz CT molecular complexity index is 1250. The maximum atomic E-state index is 12.5. The second kappa shape index (κ2) is 7.41. The lowest BCUT2D eigenvalue weighted by molar-refractivity contribution is -0.120. The van der Waals surface area contributed by atoms with E-state index in [4.69, 9.17) is 0 Å². The summed E-state index contributed by atoms with van der Waals surface area (Å²) in [5.74, 6) is -0.188. The molecule has 3 N–H and O–H groups in total. The lowest BCUT2D eigenvalue weighted by Gasteiger charge is -2.08. The lowest BCUT2D eigenvalue weighted by Crippen LogP contribution is -2.35. The van der Waals surface area contributed by atoms with Crippen LogP contribution in [-0.4, -0.2) is 42.7 Å². The summed E-state index contributed by atoms with van der Waals surface area (Å²) in [7, 11) is -3.80. The third-order valence-electron chi connectivity index (χ3n) is 4.30. The molecule has 0 spiro atoms. The first-order valence-electron chi connectivity index (χ1n) is 8.57. The Morgan fingerprint density at radius 1 is 1.07 bits per heavy atom. The zero-order valence-electron chi connectivity index (χ0n) is 14.7. The van der Waals surface area contributed by atoms with E-state index in [-0.39, 0.29) is 35.8 Å². The Morgan fingerprint density at radius 2 is 1.93 bits per heavy atom. The van der Waals surface area contributed by atoms with Gasteiger partial charge in [0.25, 0.3) is 0 Å². The van der Waals surface area contributed by atoms with Crippen LogP contribution in [0.3, 0.4) is 0 Å². The third-order valence-corrected chi connectivity index (χ3v) is 5.80. The molecule has 0 saturated heterocycles. The first kappa shape index (κ1) is 18.1. The number of fused-ring (bicyclic) bond motifs is 2. The molecule has 2 aromatic heterocycles. The van der Waals surface area contributed by atoms with E-state index in [2.05, 4.69) is 30.0 Å². The van der Waals surface area contributed by atoms with Crippen LogP contribution in [0.25, 0.3) is 21.9 Å². The summed E-state index contributed by atoms with van der Waals surface area (Å²) in [5.41, 5.74) is 2.38. The van der Waals surface area contributed by atoms with Crippen LogP contribution >= 0.6 is 0 Å². The molecule has 0 aliphatic rings. The predicted molar refractivity (Wildman–Crippen MR) is 102 cm³/mol. The first-order chi connectivity index (χ1) is 13.5. The van der Waals surface area contributed by atoms with Crippen molar-refractivity contribution in [2.45, 2.75) is 11.3 Å². The van der Waals surface area contributed by atoms with Gasteiger partial charge in [0.2, 0.25) is 15.9 Å². The van der Waals surface area contributed by atoms with Crippen LogP contribution < -0.4 is 10.0 Å². The molecule has 0 aliphatic heterocycles. The molecular weight excluding hydrogens is 382 g/mol. The van der Waals surface area contributed by atoms with Crippen LogP contribution in [0.4, 0.5) is 0 Å². The third kappa shape index (κ3) is 3.59. The number of amides is 1. The molecule has 0 radical (unpaired) electrons. The Kier molecular flexibility index (Phi) is 4.80. The van der Waals surface area contributed by atoms with Crippen molar-refractivity contribution in [1.82, 2.24) is 25.3 Å². The minimum Gasteiger partial charge on any atom is -0.361 e. The van der Waals surface area contributed by atoms with E-state index in [0.29, 0.717) is 5.52 Å². The smallest absolute Gasteiger partial charge is 0.242 e. The SMILES string of the molecule is O=C(Cc1c[nH]c2ccccc12)NCCNS(=O)(=O)c1cccc2nonc12. The molecule has 28 heavy (non-hydrogen) atoms. The van der Waals surface area contributed by atoms with Crippen molar-refractivity contribution < 1.29 is 17.8 Å². The largest absolute Gasteiger partial charge is 0.361 e. The van der Waals surface area contributed by atoms with E-state index in [1.165, 1.54) is 6.07 Å². The van der Waals surface area contributed by atoms with Crippen molar-refractivity contribution in [3.8, 4) is 0 Å². The maximum absolute atomic E-state index is 12.5. The number of hydrogen-bond acceptors (Lipinski definition) is 6. The van der Waals surface area contributed by atoms with Crippen molar-refractivity contribution in [2.24, 2.45) is 0 Å². The molecule has 4 aromatic rings. The summed E-state index contributed by atoms with van der Waals surface area (Å²) < 4.78 is 31.9. The number of hydrogen-bond donors (Lipinski definition) is 3. The summed E-state index contributed by atoms with van der Waals surface area (Å²) >= 11 is 0. The van der Waals surface area contributed by atoms with Gasteiger partial charge < -0.3 is 10.3 Å². The highest BCUT2D eigenvalue weighted by molar-refractivity contribution is 7.89. The highest BCUT2D eigenvalue weighted by Crippen LogP contribution is 2.19. The van der Waals surface area contributed by atoms with Crippen molar-refractivity contribution >= 4 is 37.9 Å². The minimum atomic E-state index is -3.80. The minimum absolute atomic E-state index is 0.0173. The van der Waals surface area contributed by atoms with Gasteiger partial charge in [0, 0.05) is 30.2 Å². The molecule has 2 heterocycles. The molecule has 144 valence electrons. The standard InChI is InChI=1S/C18H17N5O4S/c24-17(10-12-11-20-14-5-2-1-4-13(12)14)19-8-9-21-28(25,26)16-7-3-6-15-18(16)23-27-22-15/h1-7,11,20-21H,8-10H2,(H,19,24). The molecule has 0 aliphatic carbocycles. The zero-order chi connectivity index (χ0) is 19.6. The molecule has 0 fully saturated rings. The monoisotopic (exact) mass is 399 g/mol. The van der Waals surface area contributed by atoms with Gasteiger partial charge in [-0.05, 0) is 34.1 Å². The van der Waals surface area contributed by atoms with Crippen molar-refractivity contribution in [2.75, 3.05) is 13.1 Å². The molecule has 0 atom stereocenters. The van der Waals surface area contributed by atoms with Gasteiger partial charge in [-0.25, -0.2) is 17.8 Å². The summed E-state index contributed by atoms with van der Waals surface area (Å²) in [6.45, 7) is 0.205. The molecule has 9 nitrogen and oxygen atoms in total. The second-order valence-electron chi connectivity index (χ2n) is 6.17. The van der Waals surface area contributed by atoms with E-state index in [0.717, 1.165) is 16.5 Å². The highest BCUT2D eigenvalue weighted by Gasteiger charge is 2.19. The molecule has 0 bridgehead atoms. The number of benzene rings is 2. The van der Waals surface area contributed by atoms with Crippen LogP contribution in [0.1, 0.15) is 5.56 Å². The Labute approximate surface area is 160 Å². The summed E-state index contributed by atoms with van der Waals surface area (Å²) in [6, 6.07) is 12.3. The van der Waals surface area contributed by atoms with E-state index in [9.17, 15) is 13.2 Å². The van der Waals surface area contributed by atoms with Crippen LogP contribution in [0, 0.1) is 0 Å². The fourth-order valence-electron chi connectivity index (χ4n) is 2.98. The van der Waals surface area contributed by atoms with Crippen molar-refractivity contribution in [3.05, 3.63) is 54.2 Å². The van der Waals surface area contributed by atoms with Crippen LogP contribution in [-0.2, 0) is 21.2 Å². The summed E-state index contributed by atoms with van der Waals surface area (Å²) in [4.78, 5) is 15.3. The number of carbonyl (C=O) groups excluding carboxylic acids is 1. The van der Waals surface area contributed by atoms with E-state index < -0.39 is 10.0 Å². The Balaban J connectivity index is 1.33. The number of aromatic nitrogens is 3. The van der Waals surface area contributed by atoms with Gasteiger partial charge in [-0.15, -0.1) is 0 Å². The van der Waals surface area contributed by atoms with Crippen LogP contribution in [0.5, 0.6) is 0 Å². The quantitative estimate of drug-likeness (QED) is 0.402. The number of sulfonamides is 1. The van der Waals surface area contributed by atoms with Gasteiger partial charge >= 0.3 is 0 Å². The summed E-state index contributed by atoms with van der Waals surface area (Å²) in [5, 5.41) is 11.0. The second-order valence-corrected chi connectivity index (χ2v) is 7.91. The van der Waals surface area contributed by atoms with E-state index in [1.54, 1.807) is 18.3 Å². The lowest BCUT2D eigenvalue weighted by atomic mass is 10.1. The average molecular weight is 399 g/mol. The van der Waals surface area contributed by atoms with Crippen LogP contribution in [0.15, 0.2) is 58.2 Å². The first-order valence-corrected chi connectivity index (χ1v) is 10.1. The number of para-hydroxylation sites is 1. The fraction of sp³-hybridized carbons (Fsp3) is 0.167. The van der Waals surface area contributed by atoms with E-state index in [1.807, 2.05) is 24.3 Å². The van der Waals surface area contributed by atoms with Crippen molar-refractivity contribution in [1.29, 1.82) is 0 Å². The zero-order valence-corrected chi connectivity index (χ0v) is 15.5. The van der Waals surface area contributed by atoms with Crippen molar-refractivity contribution in [3.63, 3.8) is 0 Å². The molecule has 0 saturated carbocycles. The Morgan fingerprint density at radius 3 is 2.82 bits per heavy atom. The number of nitrogens with one attached hydrogen (secondary N) is 3. The topological polar surface area (TPSA) is 130 Å². The number of H-pyrrole nitrogens is 1. The maximum Gasteiger partial charge on any atom is 0.242 e. The fourth-order valence-corrected chi connectivity index (χ4v) is 4.16. The molecule has 0 unspecified atom stereocenters. The predicted octanol–water partition coefficient (Wildman–Crippen LogP) is 1.34. The molecule has 2 aromatic carbocycles. The number of nitrogens with zero attached hydrogens (tertiary/aromatic N) is 2. The molecule has 1 amide bonds. The van der Waals surface area contributed by atoms with Gasteiger partial charge in [0.15, 0.2) is 5.52 Å². The van der Waals surface area contributed by atoms with Gasteiger partial charge in [-0.2, -0.15) is 0 Å². The summed E-state index contributed by atoms with van der Waals surface area (Å²) in [6.07, 6.45) is 2.01. The number of aromatic amines is 1. The Hall–Kier alpha value is -3.24. The van der Waals surface area contributed by atoms with Crippen LogP contribution in [0.2, 0.25) is 0 Å². The molecular formula is C18H17N5O4S. The number of carbonyl (C=O) groups is 1. The van der Waals surface area contributed by atoms with Gasteiger partial charge in [-0.3, -0.25) is 4.79 Å². The van der Waals surface area contributed by atoms with Gasteiger partial charge in [0.05, 0.1) is 6.42 Å². The average Bonchev–Trinajstić information content (AvgIpc) is 3.32. The molecule has 10 heteroatoms.